The standard InChI is InChI=1S/C37H28N2.C17H15N.C2H6/c1-37(2)32-13-7-5-11-29(32)30-21-22-34-35(36(30)37)31-12-6-8-14-33(31)39(34)28-19-17-26(18-20-28)38-27-16-15-24-9-3-4-10-25(24)23-27;1-14-8-7-10-15-9-5-6-13-17(15)18(14)16-11-3-2-4-12-16;1-2/h3-23,38H,1-2H3;2-9,11-13H,1,10H2;1-2H3. The lowest BCUT2D eigenvalue weighted by Gasteiger charge is -2.26. The van der Waals surface area contributed by atoms with E-state index in [0.29, 0.717) is 0 Å². The molecule has 3 heteroatoms. The van der Waals surface area contributed by atoms with E-state index in [1.54, 1.807) is 0 Å². The quantitative estimate of drug-likeness (QED) is 0.193. The third kappa shape index (κ3) is 6.69. The Morgan fingerprint density at radius 3 is 2.07 bits per heavy atom. The lowest BCUT2D eigenvalue weighted by Crippen LogP contribution is -2.15. The minimum absolute atomic E-state index is 0.0615. The molecular weight excluding hydrogens is 715 g/mol. The first-order chi connectivity index (χ1) is 29.0. The van der Waals surface area contributed by atoms with Crippen molar-refractivity contribution in [1.29, 1.82) is 0 Å². The number of nitrogens with one attached hydrogen (secondary N) is 1. The monoisotopic (exact) mass is 763 g/mol. The normalized spacial score (nSPS) is 13.4. The fourth-order valence-corrected chi connectivity index (χ4v) is 9.07. The first kappa shape index (κ1) is 37.5. The number of fused-ring (bicyclic) bond motifs is 9. The second-order valence-corrected chi connectivity index (χ2v) is 15.5. The Morgan fingerprint density at radius 2 is 1.24 bits per heavy atom. The van der Waals surface area contributed by atoms with Gasteiger partial charge in [-0.25, -0.2) is 0 Å². The molecule has 0 radical (unpaired) electrons. The van der Waals surface area contributed by atoms with Crippen molar-refractivity contribution in [2.24, 2.45) is 0 Å². The fraction of sp³-hybridized carbons (Fsp3) is 0.107. The summed E-state index contributed by atoms with van der Waals surface area (Å²) in [5, 5.41) is 8.75. The largest absolute Gasteiger partial charge is 0.356 e. The summed E-state index contributed by atoms with van der Waals surface area (Å²) in [7, 11) is 0. The summed E-state index contributed by atoms with van der Waals surface area (Å²) in [4.78, 5) is 2.21. The van der Waals surface area contributed by atoms with Gasteiger partial charge in [-0.05, 0) is 118 Å². The molecule has 288 valence electrons. The number of aromatic nitrogens is 1. The van der Waals surface area contributed by atoms with Gasteiger partial charge in [-0.3, -0.25) is 0 Å². The highest BCUT2D eigenvalue weighted by Crippen LogP contribution is 2.53. The van der Waals surface area contributed by atoms with Gasteiger partial charge in [0.25, 0.3) is 0 Å². The number of allylic oxidation sites excluding steroid dienone is 2. The van der Waals surface area contributed by atoms with Crippen molar-refractivity contribution in [2.75, 3.05) is 10.2 Å². The van der Waals surface area contributed by atoms with E-state index in [-0.39, 0.29) is 5.41 Å². The van der Waals surface area contributed by atoms with Crippen LogP contribution in [0.5, 0.6) is 0 Å². The molecule has 0 saturated heterocycles. The molecule has 1 aliphatic heterocycles. The number of benzene rings is 8. The molecule has 0 saturated carbocycles. The summed E-state index contributed by atoms with van der Waals surface area (Å²) in [6.07, 6.45) is 5.22. The van der Waals surface area contributed by atoms with E-state index in [2.05, 4.69) is 223 Å². The molecular formula is C56H49N3. The van der Waals surface area contributed by atoms with Crippen LogP contribution in [0.25, 0.3) is 49.4 Å². The number of rotatable bonds is 4. The Labute approximate surface area is 348 Å². The summed E-state index contributed by atoms with van der Waals surface area (Å²) in [5.74, 6) is 0. The van der Waals surface area contributed by atoms with Gasteiger partial charge in [-0.15, -0.1) is 0 Å². The van der Waals surface area contributed by atoms with Crippen LogP contribution in [0.1, 0.15) is 44.4 Å². The summed E-state index contributed by atoms with van der Waals surface area (Å²) >= 11 is 0. The average Bonchev–Trinajstić information content (AvgIpc) is 3.66. The van der Waals surface area contributed by atoms with Gasteiger partial charge in [-0.2, -0.15) is 0 Å². The fourth-order valence-electron chi connectivity index (χ4n) is 9.07. The van der Waals surface area contributed by atoms with E-state index < -0.39 is 0 Å². The molecule has 59 heavy (non-hydrogen) atoms. The molecule has 1 N–H and O–H groups in total. The van der Waals surface area contributed by atoms with E-state index in [1.165, 1.54) is 71.8 Å². The van der Waals surface area contributed by atoms with Crippen molar-refractivity contribution < 1.29 is 0 Å². The minimum atomic E-state index is -0.0615. The Morgan fingerprint density at radius 1 is 0.559 bits per heavy atom. The van der Waals surface area contributed by atoms with E-state index in [0.717, 1.165) is 29.2 Å². The summed E-state index contributed by atoms with van der Waals surface area (Å²) in [6.45, 7) is 12.9. The van der Waals surface area contributed by atoms with Crippen LogP contribution < -0.4 is 10.2 Å². The minimum Gasteiger partial charge on any atom is -0.356 e. The molecule has 8 aromatic carbocycles. The van der Waals surface area contributed by atoms with Crippen LogP contribution in [0, 0.1) is 0 Å². The van der Waals surface area contributed by atoms with Gasteiger partial charge < -0.3 is 14.8 Å². The van der Waals surface area contributed by atoms with Crippen molar-refractivity contribution >= 4 is 55.3 Å². The Hall–Kier alpha value is -7.10. The first-order valence-corrected chi connectivity index (χ1v) is 20.8. The zero-order valence-corrected chi connectivity index (χ0v) is 34.3. The molecule has 0 spiro atoms. The van der Waals surface area contributed by atoms with Gasteiger partial charge >= 0.3 is 0 Å². The third-order valence-corrected chi connectivity index (χ3v) is 11.7. The highest BCUT2D eigenvalue weighted by molar-refractivity contribution is 6.14. The second kappa shape index (κ2) is 15.7. The van der Waals surface area contributed by atoms with E-state index in [4.69, 9.17) is 0 Å². The van der Waals surface area contributed by atoms with Crippen LogP contribution >= 0.6 is 0 Å². The number of para-hydroxylation sites is 3. The van der Waals surface area contributed by atoms with Crippen molar-refractivity contribution in [3.63, 3.8) is 0 Å². The Bertz CT molecular complexity index is 3000. The molecule has 2 aliphatic rings. The number of anilines is 4. The van der Waals surface area contributed by atoms with Crippen LogP contribution in [0.4, 0.5) is 22.7 Å². The molecule has 0 unspecified atom stereocenters. The molecule has 0 bridgehead atoms. The van der Waals surface area contributed by atoms with Gasteiger partial charge in [0, 0.05) is 50.3 Å². The van der Waals surface area contributed by atoms with Crippen molar-refractivity contribution in [2.45, 2.75) is 39.5 Å². The number of hydrogen-bond donors (Lipinski definition) is 1. The second-order valence-electron chi connectivity index (χ2n) is 15.5. The van der Waals surface area contributed by atoms with Crippen LogP contribution in [-0.4, -0.2) is 4.57 Å². The predicted octanol–water partition coefficient (Wildman–Crippen LogP) is 15.5. The van der Waals surface area contributed by atoms with Gasteiger partial charge in [0.05, 0.1) is 11.0 Å². The SMILES string of the molecule is C=C1C=CCc2ccccc2N1c1ccccc1.CC.CC1(C)c2ccccc2-c2ccc3c(c21)c1ccccc1n3-c1ccc(Nc2ccc3ccccc3c2)cc1. The van der Waals surface area contributed by atoms with Gasteiger partial charge in [0.15, 0.2) is 0 Å². The number of nitrogens with zero attached hydrogens (tertiary/aromatic N) is 2. The third-order valence-electron chi connectivity index (χ3n) is 11.7. The van der Waals surface area contributed by atoms with Crippen LogP contribution in [0.2, 0.25) is 0 Å². The molecule has 9 aromatic rings. The molecule has 2 heterocycles. The summed E-state index contributed by atoms with van der Waals surface area (Å²) < 4.78 is 2.42. The summed E-state index contributed by atoms with van der Waals surface area (Å²) in [5.41, 5.74) is 16.0. The summed E-state index contributed by atoms with van der Waals surface area (Å²) in [6, 6.07) is 65.0. The molecule has 0 amide bonds. The van der Waals surface area contributed by atoms with Crippen LogP contribution in [0.15, 0.2) is 206 Å². The lowest BCUT2D eigenvalue weighted by atomic mass is 9.80. The number of hydrogen-bond acceptors (Lipinski definition) is 2. The van der Waals surface area contributed by atoms with Crippen LogP contribution in [0.3, 0.4) is 0 Å². The highest BCUT2D eigenvalue weighted by Gasteiger charge is 2.38. The molecule has 1 aliphatic carbocycles. The van der Waals surface area contributed by atoms with Gasteiger partial charge in [0.1, 0.15) is 0 Å². The average molecular weight is 764 g/mol. The van der Waals surface area contributed by atoms with E-state index in [1.807, 2.05) is 19.9 Å². The van der Waals surface area contributed by atoms with Crippen molar-refractivity contribution in [3.05, 3.63) is 223 Å². The Balaban J connectivity index is 0.000000188. The smallest absolute Gasteiger partial charge is 0.0544 e. The van der Waals surface area contributed by atoms with Crippen molar-refractivity contribution in [1.82, 2.24) is 4.57 Å². The Kier molecular flexibility index (Phi) is 9.96. The maximum Gasteiger partial charge on any atom is 0.0544 e. The molecule has 1 aromatic heterocycles. The molecule has 11 rings (SSSR count). The molecule has 3 nitrogen and oxygen atoms in total. The predicted molar refractivity (Wildman–Crippen MR) is 254 cm³/mol. The zero-order valence-electron chi connectivity index (χ0n) is 34.3. The first-order valence-electron chi connectivity index (χ1n) is 20.8. The van der Waals surface area contributed by atoms with Gasteiger partial charge in [-0.1, -0.05) is 156 Å². The van der Waals surface area contributed by atoms with E-state index in [9.17, 15) is 0 Å². The topological polar surface area (TPSA) is 20.2 Å². The van der Waals surface area contributed by atoms with Crippen molar-refractivity contribution in [3.8, 4) is 16.8 Å². The zero-order chi connectivity index (χ0) is 40.5. The van der Waals surface area contributed by atoms with Crippen LogP contribution in [-0.2, 0) is 11.8 Å². The maximum atomic E-state index is 4.17. The lowest BCUT2D eigenvalue weighted by molar-refractivity contribution is 0.666. The molecule has 0 fully saturated rings. The maximum absolute atomic E-state index is 4.17. The van der Waals surface area contributed by atoms with Gasteiger partial charge in [0.2, 0.25) is 0 Å². The molecule has 0 atom stereocenters. The highest BCUT2D eigenvalue weighted by atomic mass is 15.1. The van der Waals surface area contributed by atoms with E-state index >= 15 is 0 Å².